The summed E-state index contributed by atoms with van der Waals surface area (Å²) in [6.45, 7) is 0. The lowest BCUT2D eigenvalue weighted by Crippen LogP contribution is -2.50. The van der Waals surface area contributed by atoms with Crippen molar-refractivity contribution in [2.75, 3.05) is 28.2 Å². The summed E-state index contributed by atoms with van der Waals surface area (Å²) in [5.41, 5.74) is 0. The molecular formula is C4H17NO5Si. The molecule has 0 aliphatic rings. The molecule has 0 spiro atoms. The van der Waals surface area contributed by atoms with Crippen LogP contribution in [0.1, 0.15) is 0 Å². The van der Waals surface area contributed by atoms with Crippen LogP contribution in [-0.4, -0.2) is 61.6 Å². The highest BCUT2D eigenvalue weighted by Crippen LogP contribution is 1.73. The number of nitrogens with zero attached hydrogens (tertiary/aromatic N) is 1. The van der Waals surface area contributed by atoms with Gasteiger partial charge in [0.2, 0.25) is 0 Å². The third kappa shape index (κ3) is 1190000. The maximum Gasteiger partial charge on any atom is 0.404 e. The van der Waals surface area contributed by atoms with Gasteiger partial charge in [-0.3, -0.25) is 0 Å². The van der Waals surface area contributed by atoms with Crippen LogP contribution in [-0.2, 0) is 0 Å². The number of rotatable bonds is 0. The second kappa shape index (κ2) is 5.60. The Morgan fingerprint density at radius 2 is 1.00 bits per heavy atom. The third-order valence-corrected chi connectivity index (χ3v) is 0. The van der Waals surface area contributed by atoms with Gasteiger partial charge in [0.05, 0.1) is 28.2 Å². The summed E-state index contributed by atoms with van der Waals surface area (Å²) in [6.07, 6.45) is 0. The molecule has 0 aromatic carbocycles. The fourth-order valence-electron chi connectivity index (χ4n) is 0. The molecule has 0 bridgehead atoms. The monoisotopic (exact) mass is 187 g/mol. The van der Waals surface area contributed by atoms with E-state index in [9.17, 15) is 0 Å². The quantitative estimate of drug-likeness (QED) is 0.267. The van der Waals surface area contributed by atoms with Crippen LogP contribution in [0.3, 0.4) is 0 Å². The highest BCUT2D eigenvalue weighted by molar-refractivity contribution is 6.44. The topological polar surface area (TPSA) is 115 Å². The molecule has 11 heavy (non-hydrogen) atoms. The minimum Gasteiger partial charge on any atom is -0.794 e. The first kappa shape index (κ1) is 17.2. The lowest BCUT2D eigenvalue weighted by molar-refractivity contribution is -0.849. The second-order valence-electron chi connectivity index (χ2n) is 3.26. The first-order chi connectivity index (χ1) is 4.00. The Bertz CT molecular complexity index is 61.5. The zero-order valence-electron chi connectivity index (χ0n) is 7.20. The molecule has 0 saturated heterocycles. The van der Waals surface area contributed by atoms with Gasteiger partial charge < -0.3 is 29.1 Å². The van der Waals surface area contributed by atoms with Gasteiger partial charge in [0.25, 0.3) is 0 Å². The molecule has 0 rings (SSSR count). The van der Waals surface area contributed by atoms with Crippen LogP contribution in [0.4, 0.5) is 0 Å². The van der Waals surface area contributed by atoms with E-state index in [1.54, 1.807) is 0 Å². The first-order valence-electron chi connectivity index (χ1n) is 2.66. The summed E-state index contributed by atoms with van der Waals surface area (Å²) >= 11 is 0. The van der Waals surface area contributed by atoms with Gasteiger partial charge in [-0.2, -0.15) is 0 Å². The third-order valence-electron chi connectivity index (χ3n) is 0. The molecule has 7 heteroatoms. The summed E-state index contributed by atoms with van der Waals surface area (Å²) in [4.78, 5) is 30.6. The molecule has 72 valence electrons. The number of hydrogen-bond acceptors (Lipinski definition) is 4. The van der Waals surface area contributed by atoms with Gasteiger partial charge in [0.1, 0.15) is 0 Å². The molecule has 0 radical (unpaired) electrons. The van der Waals surface area contributed by atoms with Gasteiger partial charge in [-0.25, -0.2) is 0 Å². The molecule has 6 nitrogen and oxygen atoms in total. The summed E-state index contributed by atoms with van der Waals surface area (Å²) in [7, 11) is 3.64. The van der Waals surface area contributed by atoms with Crippen molar-refractivity contribution in [3.05, 3.63) is 0 Å². The lowest BCUT2D eigenvalue weighted by atomic mass is 10.8. The molecule has 0 fully saturated rings. The Balaban J connectivity index is -0.000000107. The predicted molar refractivity (Wildman–Crippen MR) is 40.0 cm³/mol. The maximum absolute atomic E-state index is 8.91. The largest absolute Gasteiger partial charge is 0.794 e. The van der Waals surface area contributed by atoms with E-state index in [2.05, 4.69) is 28.2 Å². The van der Waals surface area contributed by atoms with Gasteiger partial charge in [-0.15, -0.1) is 0 Å². The maximum atomic E-state index is 8.91. The second-order valence-corrected chi connectivity index (χ2v) is 4.40. The van der Waals surface area contributed by atoms with Gasteiger partial charge >= 0.3 is 9.05 Å². The minimum absolute atomic E-state index is 0. The SMILES string of the molecule is C[N+](C)(C)C.O.[O-][Si](O)(O)O. The summed E-state index contributed by atoms with van der Waals surface area (Å²) in [5.74, 6) is 0. The van der Waals surface area contributed by atoms with Crippen molar-refractivity contribution in [2.24, 2.45) is 0 Å². The lowest BCUT2D eigenvalue weighted by Gasteiger charge is -2.14. The van der Waals surface area contributed by atoms with Crippen molar-refractivity contribution < 1.29 is 29.1 Å². The van der Waals surface area contributed by atoms with E-state index >= 15 is 0 Å². The average molecular weight is 187 g/mol. The predicted octanol–water partition coefficient (Wildman–Crippen LogP) is -3.74. The Labute approximate surface area is 67.3 Å². The Kier molecular flexibility index (Phi) is 8.75. The molecule has 0 saturated carbocycles. The van der Waals surface area contributed by atoms with Crippen molar-refractivity contribution >= 4 is 9.05 Å². The molecule has 0 aliphatic carbocycles. The molecule has 0 aromatic rings. The highest BCUT2D eigenvalue weighted by Gasteiger charge is 2.01. The molecule has 0 atom stereocenters. The zero-order valence-corrected chi connectivity index (χ0v) is 8.20. The van der Waals surface area contributed by atoms with E-state index in [4.69, 9.17) is 19.2 Å². The van der Waals surface area contributed by atoms with Crippen molar-refractivity contribution in [3.63, 3.8) is 0 Å². The van der Waals surface area contributed by atoms with Gasteiger partial charge in [0.15, 0.2) is 0 Å². The fraction of sp³-hybridized carbons (Fsp3) is 1.00. The number of quaternary nitrogens is 1. The Morgan fingerprint density at radius 1 is 1.00 bits per heavy atom. The van der Waals surface area contributed by atoms with E-state index in [1.807, 2.05) is 0 Å². The van der Waals surface area contributed by atoms with Gasteiger partial charge in [-0.05, 0) is 0 Å². The normalized spacial score (nSPS) is 10.9. The van der Waals surface area contributed by atoms with Crippen LogP contribution >= 0.6 is 0 Å². The summed E-state index contributed by atoms with van der Waals surface area (Å²) < 4.78 is 1.00. The van der Waals surface area contributed by atoms with E-state index in [-0.39, 0.29) is 5.48 Å². The average Bonchev–Trinajstić information content (AvgIpc) is 1.12. The zero-order chi connectivity index (χ0) is 9.00. The van der Waals surface area contributed by atoms with Crippen LogP contribution in [0.5, 0.6) is 0 Å². The van der Waals surface area contributed by atoms with Crippen molar-refractivity contribution in [1.82, 2.24) is 0 Å². The molecule has 5 N–H and O–H groups in total. The fourth-order valence-corrected chi connectivity index (χ4v) is 0. The van der Waals surface area contributed by atoms with Crippen molar-refractivity contribution in [3.8, 4) is 0 Å². The van der Waals surface area contributed by atoms with E-state index in [1.165, 1.54) is 0 Å². The summed E-state index contributed by atoms with van der Waals surface area (Å²) in [6, 6.07) is 0. The van der Waals surface area contributed by atoms with Crippen LogP contribution in [0.25, 0.3) is 0 Å². The highest BCUT2D eigenvalue weighted by atomic mass is 28.4. The first-order valence-corrected chi connectivity index (χ1v) is 4.41. The van der Waals surface area contributed by atoms with Crippen LogP contribution < -0.4 is 4.80 Å². The molecule has 0 heterocycles. The Hall–Kier alpha value is -0.0231. The Morgan fingerprint density at radius 3 is 1.00 bits per heavy atom. The molecule has 0 amide bonds. The standard InChI is InChI=1S/C4H12N.H3O4Si.H2O/c2*1-5(2,3)4;/h1-4H3;1-3H;1H2/q+1;-1;. The van der Waals surface area contributed by atoms with Crippen molar-refractivity contribution in [1.29, 1.82) is 0 Å². The molecular weight excluding hydrogens is 170 g/mol. The van der Waals surface area contributed by atoms with Gasteiger partial charge in [-0.1, -0.05) is 0 Å². The van der Waals surface area contributed by atoms with Crippen LogP contribution in [0.2, 0.25) is 0 Å². The number of hydrogen-bond donors (Lipinski definition) is 3. The van der Waals surface area contributed by atoms with Crippen LogP contribution in [0, 0.1) is 0 Å². The smallest absolute Gasteiger partial charge is 0.404 e. The van der Waals surface area contributed by atoms with Gasteiger partial charge in [0, 0.05) is 0 Å². The molecule has 0 unspecified atom stereocenters. The van der Waals surface area contributed by atoms with E-state index < -0.39 is 9.05 Å². The van der Waals surface area contributed by atoms with E-state index in [0.29, 0.717) is 0 Å². The molecule has 0 aliphatic heterocycles. The minimum atomic E-state index is -4.86. The molecule has 0 aromatic heterocycles. The summed E-state index contributed by atoms with van der Waals surface area (Å²) in [5, 5.41) is 0. The van der Waals surface area contributed by atoms with E-state index in [0.717, 1.165) is 4.48 Å². The van der Waals surface area contributed by atoms with Crippen LogP contribution in [0.15, 0.2) is 0 Å². The van der Waals surface area contributed by atoms with Crippen molar-refractivity contribution in [2.45, 2.75) is 0 Å².